The number of benzene rings is 1. The van der Waals surface area contributed by atoms with Gasteiger partial charge in [0.05, 0.1) is 0 Å². The molecule has 0 aliphatic carbocycles. The maximum Gasteiger partial charge on any atom is 0.323 e. The SMILES string of the molecule is CC(C)N(Cc1ccccc1)C(=O)NCC(=O)O. The van der Waals surface area contributed by atoms with E-state index in [0.717, 1.165) is 5.56 Å². The Balaban J connectivity index is 2.65. The maximum atomic E-state index is 11.8. The Bertz CT molecular complexity index is 404. The summed E-state index contributed by atoms with van der Waals surface area (Å²) in [6.45, 7) is 3.88. The quantitative estimate of drug-likeness (QED) is 0.835. The van der Waals surface area contributed by atoms with Crippen molar-refractivity contribution in [2.24, 2.45) is 0 Å². The molecule has 0 radical (unpaired) electrons. The van der Waals surface area contributed by atoms with Crippen LogP contribution in [0, 0.1) is 0 Å². The molecular weight excluding hydrogens is 232 g/mol. The largest absolute Gasteiger partial charge is 0.480 e. The van der Waals surface area contributed by atoms with Gasteiger partial charge in [-0.1, -0.05) is 30.3 Å². The van der Waals surface area contributed by atoms with E-state index in [4.69, 9.17) is 5.11 Å². The molecule has 2 N–H and O–H groups in total. The predicted octanol–water partition coefficient (Wildman–Crippen LogP) is 1.69. The number of rotatable bonds is 5. The van der Waals surface area contributed by atoms with Crippen molar-refractivity contribution in [1.29, 1.82) is 0 Å². The van der Waals surface area contributed by atoms with Gasteiger partial charge in [-0.3, -0.25) is 4.79 Å². The van der Waals surface area contributed by atoms with Crippen molar-refractivity contribution in [2.45, 2.75) is 26.4 Å². The lowest BCUT2D eigenvalue weighted by molar-refractivity contribution is -0.135. The Hall–Kier alpha value is -2.04. The van der Waals surface area contributed by atoms with Gasteiger partial charge in [-0.2, -0.15) is 0 Å². The Morgan fingerprint density at radius 1 is 1.28 bits per heavy atom. The fourth-order valence-electron chi connectivity index (χ4n) is 1.52. The molecule has 0 heterocycles. The minimum atomic E-state index is -1.05. The topological polar surface area (TPSA) is 69.6 Å². The molecule has 0 bridgehead atoms. The molecule has 1 aromatic carbocycles. The summed E-state index contributed by atoms with van der Waals surface area (Å²) in [4.78, 5) is 23.9. The highest BCUT2D eigenvalue weighted by Crippen LogP contribution is 2.08. The van der Waals surface area contributed by atoms with Crippen molar-refractivity contribution in [2.75, 3.05) is 6.54 Å². The van der Waals surface area contributed by atoms with E-state index in [-0.39, 0.29) is 18.6 Å². The smallest absolute Gasteiger partial charge is 0.323 e. The normalized spacial score (nSPS) is 10.2. The van der Waals surface area contributed by atoms with Crippen LogP contribution in [-0.4, -0.2) is 34.6 Å². The van der Waals surface area contributed by atoms with Crippen molar-refractivity contribution >= 4 is 12.0 Å². The lowest BCUT2D eigenvalue weighted by Gasteiger charge is -2.26. The summed E-state index contributed by atoms with van der Waals surface area (Å²) in [7, 11) is 0. The Kier molecular flexibility index (Phi) is 5.17. The van der Waals surface area contributed by atoms with Gasteiger partial charge in [0.25, 0.3) is 0 Å². The molecule has 0 atom stereocenters. The van der Waals surface area contributed by atoms with Crippen LogP contribution in [-0.2, 0) is 11.3 Å². The van der Waals surface area contributed by atoms with Gasteiger partial charge in [-0.25, -0.2) is 4.79 Å². The molecule has 98 valence electrons. The zero-order chi connectivity index (χ0) is 13.5. The minimum Gasteiger partial charge on any atom is -0.480 e. The van der Waals surface area contributed by atoms with Gasteiger partial charge < -0.3 is 15.3 Å². The van der Waals surface area contributed by atoms with Crippen LogP contribution >= 0.6 is 0 Å². The third kappa shape index (κ3) is 4.45. The molecule has 0 saturated carbocycles. The molecule has 1 rings (SSSR count). The number of urea groups is 1. The van der Waals surface area contributed by atoms with Crippen LogP contribution in [0.25, 0.3) is 0 Å². The summed E-state index contributed by atoms with van der Waals surface area (Å²) in [6.07, 6.45) is 0. The zero-order valence-electron chi connectivity index (χ0n) is 10.6. The van der Waals surface area contributed by atoms with Gasteiger partial charge in [0.1, 0.15) is 6.54 Å². The highest BCUT2D eigenvalue weighted by atomic mass is 16.4. The van der Waals surface area contributed by atoms with Crippen LogP contribution in [0.2, 0.25) is 0 Å². The van der Waals surface area contributed by atoms with Crippen molar-refractivity contribution in [3.63, 3.8) is 0 Å². The molecule has 2 amide bonds. The highest BCUT2D eigenvalue weighted by Gasteiger charge is 2.17. The van der Waals surface area contributed by atoms with E-state index in [0.29, 0.717) is 6.54 Å². The first-order chi connectivity index (χ1) is 8.50. The first kappa shape index (κ1) is 14.0. The summed E-state index contributed by atoms with van der Waals surface area (Å²) < 4.78 is 0. The first-order valence-corrected chi connectivity index (χ1v) is 5.81. The number of carbonyl (C=O) groups is 2. The molecular formula is C13H18N2O3. The number of carboxylic acid groups (broad SMARTS) is 1. The molecule has 0 saturated heterocycles. The van der Waals surface area contributed by atoms with E-state index in [9.17, 15) is 9.59 Å². The van der Waals surface area contributed by atoms with Gasteiger partial charge in [-0.15, -0.1) is 0 Å². The molecule has 0 aliphatic rings. The predicted molar refractivity (Wildman–Crippen MR) is 68.2 cm³/mol. The second kappa shape index (κ2) is 6.64. The Morgan fingerprint density at radius 2 is 1.89 bits per heavy atom. The summed E-state index contributed by atoms with van der Waals surface area (Å²) in [5.41, 5.74) is 1.01. The van der Waals surface area contributed by atoms with Crippen molar-refractivity contribution in [3.8, 4) is 0 Å². The van der Waals surface area contributed by atoms with Gasteiger partial charge in [-0.05, 0) is 19.4 Å². The van der Waals surface area contributed by atoms with E-state index in [1.165, 1.54) is 0 Å². The second-order valence-corrected chi connectivity index (χ2v) is 4.26. The lowest BCUT2D eigenvalue weighted by Crippen LogP contribution is -2.45. The Morgan fingerprint density at radius 3 is 2.39 bits per heavy atom. The van der Waals surface area contributed by atoms with Crippen LogP contribution in [0.5, 0.6) is 0 Å². The standard InChI is InChI=1S/C13H18N2O3/c1-10(2)15(13(18)14-8-12(16)17)9-11-6-4-3-5-7-11/h3-7,10H,8-9H2,1-2H3,(H,14,18)(H,16,17). The van der Waals surface area contributed by atoms with E-state index in [2.05, 4.69) is 5.32 Å². The average molecular weight is 250 g/mol. The molecule has 0 unspecified atom stereocenters. The van der Waals surface area contributed by atoms with Crippen LogP contribution in [0.1, 0.15) is 19.4 Å². The van der Waals surface area contributed by atoms with Crippen molar-refractivity contribution < 1.29 is 14.7 Å². The van der Waals surface area contributed by atoms with Gasteiger partial charge in [0.2, 0.25) is 0 Å². The van der Waals surface area contributed by atoms with Gasteiger partial charge in [0, 0.05) is 12.6 Å². The average Bonchev–Trinajstić information content (AvgIpc) is 2.34. The number of carbonyl (C=O) groups excluding carboxylic acids is 1. The van der Waals surface area contributed by atoms with Crippen LogP contribution in [0.15, 0.2) is 30.3 Å². The van der Waals surface area contributed by atoms with Crippen LogP contribution < -0.4 is 5.32 Å². The minimum absolute atomic E-state index is 0.000925. The highest BCUT2D eigenvalue weighted by molar-refractivity contribution is 5.80. The number of nitrogens with one attached hydrogen (secondary N) is 1. The fourth-order valence-corrected chi connectivity index (χ4v) is 1.52. The van der Waals surface area contributed by atoms with E-state index in [1.54, 1.807) is 4.90 Å². The lowest BCUT2D eigenvalue weighted by atomic mass is 10.2. The Labute approximate surface area is 106 Å². The summed E-state index contributed by atoms with van der Waals surface area (Å²) >= 11 is 0. The first-order valence-electron chi connectivity index (χ1n) is 5.81. The number of nitrogens with zero attached hydrogens (tertiary/aromatic N) is 1. The number of hydrogen-bond acceptors (Lipinski definition) is 2. The molecule has 0 aliphatic heterocycles. The molecule has 5 nitrogen and oxygen atoms in total. The van der Waals surface area contributed by atoms with Crippen LogP contribution in [0.3, 0.4) is 0 Å². The van der Waals surface area contributed by atoms with E-state index >= 15 is 0 Å². The van der Waals surface area contributed by atoms with Gasteiger partial charge in [0.15, 0.2) is 0 Å². The van der Waals surface area contributed by atoms with E-state index in [1.807, 2.05) is 44.2 Å². The van der Waals surface area contributed by atoms with Crippen LogP contribution in [0.4, 0.5) is 4.79 Å². The molecule has 0 aromatic heterocycles. The third-order valence-electron chi connectivity index (χ3n) is 2.47. The summed E-state index contributed by atoms with van der Waals surface area (Å²) in [5, 5.41) is 10.9. The number of aliphatic carboxylic acids is 1. The maximum absolute atomic E-state index is 11.8. The number of carboxylic acids is 1. The molecule has 18 heavy (non-hydrogen) atoms. The zero-order valence-corrected chi connectivity index (χ0v) is 10.6. The molecule has 5 heteroatoms. The third-order valence-corrected chi connectivity index (χ3v) is 2.47. The number of hydrogen-bond donors (Lipinski definition) is 2. The van der Waals surface area contributed by atoms with Crippen molar-refractivity contribution in [1.82, 2.24) is 10.2 Å². The fraction of sp³-hybridized carbons (Fsp3) is 0.385. The second-order valence-electron chi connectivity index (χ2n) is 4.26. The van der Waals surface area contributed by atoms with Crippen molar-refractivity contribution in [3.05, 3.63) is 35.9 Å². The molecule has 0 fully saturated rings. The monoisotopic (exact) mass is 250 g/mol. The summed E-state index contributed by atoms with van der Waals surface area (Å²) in [6, 6.07) is 9.22. The number of amides is 2. The molecule has 0 spiro atoms. The molecule has 1 aromatic rings. The summed E-state index contributed by atoms with van der Waals surface area (Å²) in [5.74, 6) is -1.05. The van der Waals surface area contributed by atoms with E-state index < -0.39 is 5.97 Å². The van der Waals surface area contributed by atoms with Gasteiger partial charge >= 0.3 is 12.0 Å².